The van der Waals surface area contributed by atoms with E-state index in [1.807, 2.05) is 0 Å². The van der Waals surface area contributed by atoms with Gasteiger partial charge in [0, 0.05) is 33.8 Å². The van der Waals surface area contributed by atoms with Gasteiger partial charge in [-0.2, -0.15) is 0 Å². The minimum Gasteiger partial charge on any atom is -0.314 e. The number of benzene rings is 5. The molecule has 0 amide bonds. The van der Waals surface area contributed by atoms with E-state index in [0.717, 1.165) is 5.69 Å². The summed E-state index contributed by atoms with van der Waals surface area (Å²) in [5, 5.41) is 1.30. The van der Waals surface area contributed by atoms with Crippen molar-refractivity contribution in [3.8, 4) is 5.69 Å². The van der Waals surface area contributed by atoms with Gasteiger partial charge in [0.2, 0.25) is 0 Å². The summed E-state index contributed by atoms with van der Waals surface area (Å²) >= 11 is 0. The van der Waals surface area contributed by atoms with Gasteiger partial charge in [0.15, 0.2) is 0 Å². The van der Waals surface area contributed by atoms with E-state index in [-0.39, 0.29) is 0 Å². The Hall–Kier alpha value is -4.82. The molecule has 0 spiro atoms. The summed E-state index contributed by atoms with van der Waals surface area (Å²) in [5.41, 5.74) is 13.5. The van der Waals surface area contributed by atoms with E-state index in [2.05, 4.69) is 171 Å². The smallest absolute Gasteiger partial charge is 0.0534 e. The van der Waals surface area contributed by atoms with Gasteiger partial charge in [-0.3, -0.25) is 0 Å². The monoisotopic (exact) mass is 518 g/mol. The Morgan fingerprint density at radius 2 is 1.10 bits per heavy atom. The fourth-order valence-corrected chi connectivity index (χ4v) is 5.57. The molecule has 0 bridgehead atoms. The van der Waals surface area contributed by atoms with Gasteiger partial charge in [-0.25, -0.2) is 0 Å². The van der Waals surface area contributed by atoms with Crippen molar-refractivity contribution in [3.63, 3.8) is 0 Å². The second-order valence-electron chi connectivity index (χ2n) is 10.5. The molecule has 0 unspecified atom stereocenters. The van der Waals surface area contributed by atoms with E-state index in [4.69, 9.17) is 0 Å². The predicted octanol–water partition coefficient (Wildman–Crippen LogP) is 10.5. The van der Waals surface area contributed by atoms with Crippen LogP contribution < -0.4 is 4.90 Å². The molecule has 0 saturated heterocycles. The molecule has 0 fully saturated rings. The molecule has 0 N–H and O–H groups in total. The summed E-state index contributed by atoms with van der Waals surface area (Å²) in [6.07, 6.45) is 4.41. The Kier molecular flexibility index (Phi) is 6.84. The van der Waals surface area contributed by atoms with Crippen LogP contribution in [0.15, 0.2) is 121 Å². The number of rotatable bonds is 6. The second kappa shape index (κ2) is 10.7. The summed E-state index contributed by atoms with van der Waals surface area (Å²) in [6.45, 7) is 8.77. The first-order chi connectivity index (χ1) is 19.5. The van der Waals surface area contributed by atoms with Crippen molar-refractivity contribution < 1.29 is 0 Å². The third kappa shape index (κ3) is 4.74. The number of nitrogens with zero attached hydrogens (tertiary/aromatic N) is 2. The Bertz CT molecular complexity index is 1780. The highest BCUT2D eigenvalue weighted by atomic mass is 15.1. The quantitative estimate of drug-likeness (QED) is 0.199. The molecule has 0 aliphatic carbocycles. The number of para-hydroxylation sites is 3. The van der Waals surface area contributed by atoms with Crippen LogP contribution in [0.2, 0.25) is 0 Å². The van der Waals surface area contributed by atoms with E-state index in [0.29, 0.717) is 0 Å². The van der Waals surface area contributed by atoms with Gasteiger partial charge in [-0.15, -0.1) is 0 Å². The lowest BCUT2D eigenvalue weighted by atomic mass is 10.1. The van der Waals surface area contributed by atoms with Crippen LogP contribution in [-0.2, 0) is 0 Å². The molecule has 40 heavy (non-hydrogen) atoms. The van der Waals surface area contributed by atoms with Crippen LogP contribution in [0.4, 0.5) is 17.1 Å². The zero-order valence-corrected chi connectivity index (χ0v) is 23.6. The first-order valence-corrected chi connectivity index (χ1v) is 13.9. The number of fused-ring (bicyclic) bond motifs is 1. The van der Waals surface area contributed by atoms with Crippen molar-refractivity contribution in [1.82, 2.24) is 4.57 Å². The normalized spacial score (nSPS) is 11.4. The largest absolute Gasteiger partial charge is 0.314 e. The lowest BCUT2D eigenvalue weighted by Gasteiger charge is -2.28. The molecule has 2 nitrogen and oxygen atoms in total. The van der Waals surface area contributed by atoms with Crippen molar-refractivity contribution in [3.05, 3.63) is 155 Å². The summed E-state index contributed by atoms with van der Waals surface area (Å²) in [4.78, 5) is 2.36. The first-order valence-electron chi connectivity index (χ1n) is 13.9. The Balaban J connectivity index is 1.31. The van der Waals surface area contributed by atoms with Crippen LogP contribution in [0.3, 0.4) is 0 Å². The zero-order valence-electron chi connectivity index (χ0n) is 23.6. The van der Waals surface area contributed by atoms with E-state index >= 15 is 0 Å². The maximum Gasteiger partial charge on any atom is 0.0534 e. The fourth-order valence-electron chi connectivity index (χ4n) is 5.57. The van der Waals surface area contributed by atoms with Gasteiger partial charge < -0.3 is 9.47 Å². The van der Waals surface area contributed by atoms with Gasteiger partial charge >= 0.3 is 0 Å². The fraction of sp³-hybridized carbons (Fsp3) is 0.105. The van der Waals surface area contributed by atoms with E-state index in [9.17, 15) is 0 Å². The van der Waals surface area contributed by atoms with Gasteiger partial charge in [-0.1, -0.05) is 84.9 Å². The molecule has 1 heterocycles. The average molecular weight is 519 g/mol. The van der Waals surface area contributed by atoms with Gasteiger partial charge in [0.05, 0.1) is 5.52 Å². The van der Waals surface area contributed by atoms with Crippen LogP contribution in [0.1, 0.15) is 33.5 Å². The van der Waals surface area contributed by atoms with Crippen LogP contribution in [0.5, 0.6) is 0 Å². The molecule has 0 aliphatic rings. The van der Waals surface area contributed by atoms with Crippen LogP contribution in [-0.4, -0.2) is 4.57 Å². The summed E-state index contributed by atoms with van der Waals surface area (Å²) in [7, 11) is 0. The highest BCUT2D eigenvalue weighted by molar-refractivity contribution is 5.90. The minimum absolute atomic E-state index is 1.15. The molecule has 5 aromatic carbocycles. The first kappa shape index (κ1) is 25.5. The van der Waals surface area contributed by atoms with Crippen LogP contribution in [0, 0.1) is 27.7 Å². The molecular weight excluding hydrogens is 484 g/mol. The molecule has 6 rings (SSSR count). The molecular formula is C38H34N2. The lowest BCUT2D eigenvalue weighted by Crippen LogP contribution is -2.12. The molecule has 2 heteroatoms. The molecule has 1 aromatic heterocycles. The molecule has 0 atom stereocenters. The highest BCUT2D eigenvalue weighted by Crippen LogP contribution is 2.38. The third-order valence-corrected chi connectivity index (χ3v) is 7.89. The lowest BCUT2D eigenvalue weighted by molar-refractivity contribution is 1.04. The maximum absolute atomic E-state index is 2.36. The Morgan fingerprint density at radius 3 is 1.73 bits per heavy atom. The van der Waals surface area contributed by atoms with Crippen molar-refractivity contribution >= 4 is 40.1 Å². The summed E-state index contributed by atoms with van der Waals surface area (Å²) < 4.78 is 2.35. The summed E-state index contributed by atoms with van der Waals surface area (Å²) in [5.74, 6) is 0. The molecule has 0 saturated carbocycles. The van der Waals surface area contributed by atoms with Crippen molar-refractivity contribution in [2.24, 2.45) is 0 Å². The Morgan fingerprint density at radius 1 is 0.550 bits per heavy atom. The SMILES string of the molecule is Cc1ccccc1N(c1ccc(/C=C/c2ccc3c(c2)c(C)c(C)n3-c2ccccc2)cc1)c1ccccc1C. The van der Waals surface area contributed by atoms with Crippen LogP contribution in [0.25, 0.3) is 28.7 Å². The van der Waals surface area contributed by atoms with E-state index < -0.39 is 0 Å². The van der Waals surface area contributed by atoms with Gasteiger partial charge in [-0.05, 0) is 104 Å². The van der Waals surface area contributed by atoms with E-state index in [1.54, 1.807) is 0 Å². The molecule has 6 aromatic rings. The van der Waals surface area contributed by atoms with Crippen molar-refractivity contribution in [2.75, 3.05) is 4.90 Å². The maximum atomic E-state index is 2.36. The highest BCUT2D eigenvalue weighted by Gasteiger charge is 2.16. The molecule has 0 aliphatic heterocycles. The van der Waals surface area contributed by atoms with E-state index in [1.165, 1.54) is 61.5 Å². The number of hydrogen-bond donors (Lipinski definition) is 0. The second-order valence-corrected chi connectivity index (χ2v) is 10.5. The number of hydrogen-bond acceptors (Lipinski definition) is 1. The van der Waals surface area contributed by atoms with Gasteiger partial charge in [0.1, 0.15) is 0 Å². The summed E-state index contributed by atoms with van der Waals surface area (Å²) in [6, 6.07) is 43.3. The van der Waals surface area contributed by atoms with Crippen molar-refractivity contribution in [1.29, 1.82) is 0 Å². The van der Waals surface area contributed by atoms with Gasteiger partial charge in [0.25, 0.3) is 0 Å². The number of anilines is 3. The topological polar surface area (TPSA) is 8.17 Å². The predicted molar refractivity (Wildman–Crippen MR) is 172 cm³/mol. The Labute approximate surface area is 237 Å². The standard InChI is InChI=1S/C38H34N2/c1-27-12-8-10-16-36(27)40(37-17-11-9-13-28(37)2)34-23-20-31(21-24-34)18-19-32-22-25-38-35(26-32)29(3)30(4)39(38)33-14-6-5-7-15-33/h5-26H,1-4H3/b19-18+. The minimum atomic E-state index is 1.15. The third-order valence-electron chi connectivity index (χ3n) is 7.89. The molecule has 0 radical (unpaired) electrons. The zero-order chi connectivity index (χ0) is 27.6. The van der Waals surface area contributed by atoms with Crippen LogP contribution >= 0.6 is 0 Å². The molecule has 196 valence electrons. The average Bonchev–Trinajstić information content (AvgIpc) is 3.24. The number of aryl methyl sites for hydroxylation is 3. The number of aromatic nitrogens is 1. The van der Waals surface area contributed by atoms with Crippen molar-refractivity contribution in [2.45, 2.75) is 27.7 Å².